The van der Waals surface area contributed by atoms with Gasteiger partial charge in [-0.3, -0.25) is 0 Å². The van der Waals surface area contributed by atoms with Gasteiger partial charge in [-0.2, -0.15) is 0 Å². The third-order valence-corrected chi connectivity index (χ3v) is 4.32. The molecule has 3 rings (SSSR count). The van der Waals surface area contributed by atoms with Crippen LogP contribution in [-0.4, -0.2) is 31.4 Å². The molecule has 0 radical (unpaired) electrons. The van der Waals surface area contributed by atoms with Crippen molar-refractivity contribution in [2.75, 3.05) is 13.1 Å². The lowest BCUT2D eigenvalue weighted by Gasteiger charge is -2.28. The fourth-order valence-corrected chi connectivity index (χ4v) is 3.03. The minimum absolute atomic E-state index is 0.0956. The first kappa shape index (κ1) is 14.1. The van der Waals surface area contributed by atoms with Gasteiger partial charge in [-0.15, -0.1) is 0 Å². The number of nitrogens with one attached hydrogen (secondary N) is 4. The molecule has 0 aromatic heterocycles. The van der Waals surface area contributed by atoms with Crippen LogP contribution in [-0.2, 0) is 0 Å². The molecule has 1 saturated heterocycles. The van der Waals surface area contributed by atoms with Crippen molar-refractivity contribution in [3.63, 3.8) is 0 Å². The quantitative estimate of drug-likeness (QED) is 0.597. The Morgan fingerprint density at radius 2 is 2.05 bits per heavy atom. The Bertz CT molecular complexity index is 507. The standard InChI is InChI=1S/C17H24N4/c18-11-14(12-20-15-7-9-19-10-8-15)17-6-5-13-3-1-2-4-16(13)21-17/h3-6,11-12,15,17-21H,1-2,7-10H2/b14-12+,18-11?. The van der Waals surface area contributed by atoms with E-state index < -0.39 is 0 Å². The zero-order valence-corrected chi connectivity index (χ0v) is 12.4. The largest absolute Gasteiger partial charge is 0.388 e. The van der Waals surface area contributed by atoms with Gasteiger partial charge < -0.3 is 21.4 Å². The van der Waals surface area contributed by atoms with E-state index in [4.69, 9.17) is 5.41 Å². The Balaban J connectivity index is 1.67. The van der Waals surface area contributed by atoms with E-state index in [0.29, 0.717) is 6.04 Å². The van der Waals surface area contributed by atoms with Gasteiger partial charge in [0.1, 0.15) is 0 Å². The summed E-state index contributed by atoms with van der Waals surface area (Å²) in [5, 5.41) is 18.1. The minimum atomic E-state index is 0.0956. The third kappa shape index (κ3) is 3.45. The van der Waals surface area contributed by atoms with E-state index in [-0.39, 0.29) is 6.04 Å². The number of hydrogen-bond donors (Lipinski definition) is 4. The van der Waals surface area contributed by atoms with Crippen molar-refractivity contribution in [3.05, 3.63) is 47.3 Å². The highest BCUT2D eigenvalue weighted by Crippen LogP contribution is 2.23. The second-order valence-corrected chi connectivity index (χ2v) is 5.82. The molecule has 112 valence electrons. The van der Waals surface area contributed by atoms with Crippen LogP contribution in [0.4, 0.5) is 0 Å². The van der Waals surface area contributed by atoms with Crippen LogP contribution in [0.25, 0.3) is 0 Å². The fourth-order valence-electron chi connectivity index (χ4n) is 3.03. The topological polar surface area (TPSA) is 59.9 Å². The molecule has 0 spiro atoms. The van der Waals surface area contributed by atoms with Crippen molar-refractivity contribution in [2.24, 2.45) is 0 Å². The monoisotopic (exact) mass is 284 g/mol. The van der Waals surface area contributed by atoms with Crippen LogP contribution in [0.3, 0.4) is 0 Å². The number of allylic oxidation sites excluding steroid dienone is 3. The zero-order chi connectivity index (χ0) is 14.5. The lowest BCUT2D eigenvalue weighted by atomic mass is 9.95. The van der Waals surface area contributed by atoms with Crippen LogP contribution in [0.5, 0.6) is 0 Å². The smallest absolute Gasteiger partial charge is 0.0730 e. The summed E-state index contributed by atoms with van der Waals surface area (Å²) in [7, 11) is 0. The number of fused-ring (bicyclic) bond motifs is 1. The van der Waals surface area contributed by atoms with Crippen molar-refractivity contribution in [2.45, 2.75) is 37.8 Å². The van der Waals surface area contributed by atoms with E-state index in [0.717, 1.165) is 44.3 Å². The first-order valence-corrected chi connectivity index (χ1v) is 7.89. The highest BCUT2D eigenvalue weighted by Gasteiger charge is 2.19. The Labute approximate surface area is 126 Å². The molecule has 4 heteroatoms. The number of piperidine rings is 1. The van der Waals surface area contributed by atoms with Gasteiger partial charge in [0.2, 0.25) is 0 Å². The summed E-state index contributed by atoms with van der Waals surface area (Å²) in [6.45, 7) is 2.15. The van der Waals surface area contributed by atoms with Crippen molar-refractivity contribution in [1.82, 2.24) is 16.0 Å². The molecule has 4 N–H and O–H groups in total. The van der Waals surface area contributed by atoms with Crippen molar-refractivity contribution in [3.8, 4) is 0 Å². The van der Waals surface area contributed by atoms with Gasteiger partial charge in [-0.25, -0.2) is 0 Å². The van der Waals surface area contributed by atoms with Crippen LogP contribution in [0.15, 0.2) is 47.3 Å². The number of rotatable bonds is 4. The highest BCUT2D eigenvalue weighted by molar-refractivity contribution is 5.78. The molecular formula is C17H24N4. The fraction of sp³-hybridized carbons (Fsp3) is 0.471. The number of hydrogen-bond acceptors (Lipinski definition) is 4. The van der Waals surface area contributed by atoms with Crippen LogP contribution in [0.2, 0.25) is 0 Å². The van der Waals surface area contributed by atoms with E-state index in [1.165, 1.54) is 17.5 Å². The average Bonchev–Trinajstić information content (AvgIpc) is 2.56. The molecule has 2 aliphatic heterocycles. The summed E-state index contributed by atoms with van der Waals surface area (Å²) in [6, 6.07) is 0.622. The maximum atomic E-state index is 7.69. The van der Waals surface area contributed by atoms with Gasteiger partial charge in [0.25, 0.3) is 0 Å². The van der Waals surface area contributed by atoms with E-state index >= 15 is 0 Å². The predicted molar refractivity (Wildman–Crippen MR) is 87.4 cm³/mol. The molecule has 21 heavy (non-hydrogen) atoms. The summed E-state index contributed by atoms with van der Waals surface area (Å²) < 4.78 is 0. The highest BCUT2D eigenvalue weighted by atomic mass is 15.0. The zero-order valence-electron chi connectivity index (χ0n) is 12.4. The van der Waals surface area contributed by atoms with Crippen molar-refractivity contribution >= 4 is 6.21 Å². The van der Waals surface area contributed by atoms with Gasteiger partial charge in [0.15, 0.2) is 0 Å². The normalized spacial score (nSPS) is 26.3. The van der Waals surface area contributed by atoms with E-state index in [1.807, 2.05) is 6.20 Å². The molecule has 1 aliphatic carbocycles. The maximum Gasteiger partial charge on any atom is 0.0730 e. The Hall–Kier alpha value is -1.81. The maximum absolute atomic E-state index is 7.69. The molecule has 1 fully saturated rings. The van der Waals surface area contributed by atoms with Crippen LogP contribution in [0, 0.1) is 5.41 Å². The summed E-state index contributed by atoms with van der Waals surface area (Å²) >= 11 is 0. The molecule has 3 aliphatic rings. The molecule has 0 amide bonds. The molecule has 0 aromatic rings. The summed E-state index contributed by atoms with van der Waals surface area (Å²) in [5.41, 5.74) is 3.48. The Morgan fingerprint density at radius 3 is 2.86 bits per heavy atom. The molecule has 0 aromatic carbocycles. The SMILES string of the molecule is N=C/C(=C\NC1CCNCC1)C1C=CC2=CCCC=C2N1. The summed E-state index contributed by atoms with van der Waals surface area (Å²) in [4.78, 5) is 0. The van der Waals surface area contributed by atoms with Gasteiger partial charge in [-0.05, 0) is 44.3 Å². The van der Waals surface area contributed by atoms with Gasteiger partial charge in [0, 0.05) is 29.7 Å². The summed E-state index contributed by atoms with van der Waals surface area (Å²) in [6.07, 6.45) is 16.8. The second kappa shape index (κ2) is 6.76. The van der Waals surface area contributed by atoms with E-state index in [9.17, 15) is 0 Å². The molecule has 1 atom stereocenters. The van der Waals surface area contributed by atoms with Gasteiger partial charge in [-0.1, -0.05) is 24.3 Å². The first-order valence-electron chi connectivity index (χ1n) is 7.89. The Morgan fingerprint density at radius 1 is 1.24 bits per heavy atom. The molecule has 0 bridgehead atoms. The van der Waals surface area contributed by atoms with Crippen molar-refractivity contribution in [1.29, 1.82) is 5.41 Å². The molecule has 0 saturated carbocycles. The van der Waals surface area contributed by atoms with Gasteiger partial charge in [0.05, 0.1) is 6.04 Å². The van der Waals surface area contributed by atoms with Crippen LogP contribution in [0.1, 0.15) is 25.7 Å². The first-order chi connectivity index (χ1) is 10.4. The van der Waals surface area contributed by atoms with Crippen LogP contribution >= 0.6 is 0 Å². The van der Waals surface area contributed by atoms with Gasteiger partial charge >= 0.3 is 0 Å². The van der Waals surface area contributed by atoms with Crippen molar-refractivity contribution < 1.29 is 0 Å². The van der Waals surface area contributed by atoms with E-state index in [2.05, 4.69) is 40.3 Å². The molecule has 2 heterocycles. The lowest BCUT2D eigenvalue weighted by Crippen LogP contribution is -2.39. The lowest BCUT2D eigenvalue weighted by molar-refractivity contribution is 0.419. The predicted octanol–water partition coefficient (Wildman–Crippen LogP) is 1.99. The third-order valence-electron chi connectivity index (χ3n) is 4.32. The molecule has 1 unspecified atom stereocenters. The average molecular weight is 284 g/mol. The Kier molecular flexibility index (Phi) is 4.55. The minimum Gasteiger partial charge on any atom is -0.388 e. The summed E-state index contributed by atoms with van der Waals surface area (Å²) in [5.74, 6) is 0. The molecular weight excluding hydrogens is 260 g/mol. The van der Waals surface area contributed by atoms with Crippen LogP contribution < -0.4 is 16.0 Å². The second-order valence-electron chi connectivity index (χ2n) is 5.82. The van der Waals surface area contributed by atoms with E-state index in [1.54, 1.807) is 0 Å². The molecule has 4 nitrogen and oxygen atoms in total.